The first-order chi connectivity index (χ1) is 8.69. The van der Waals surface area contributed by atoms with Crippen LogP contribution in [0.3, 0.4) is 0 Å². The summed E-state index contributed by atoms with van der Waals surface area (Å²) in [7, 11) is 1.69. The number of allylic oxidation sites excluding steroid dienone is 2. The van der Waals surface area contributed by atoms with Gasteiger partial charge < -0.3 is 4.74 Å². The van der Waals surface area contributed by atoms with E-state index in [1.807, 2.05) is 18.2 Å². The Balaban J connectivity index is 2.19. The van der Waals surface area contributed by atoms with E-state index in [4.69, 9.17) is 27.9 Å². The molecular formula is C15H18Cl2O. The van der Waals surface area contributed by atoms with Crippen molar-refractivity contribution in [2.45, 2.75) is 37.5 Å². The molecule has 0 saturated heterocycles. The van der Waals surface area contributed by atoms with E-state index >= 15 is 0 Å². The summed E-state index contributed by atoms with van der Waals surface area (Å²) in [5.41, 5.74) is 2.54. The van der Waals surface area contributed by atoms with Gasteiger partial charge in [0, 0.05) is 5.02 Å². The van der Waals surface area contributed by atoms with Crippen molar-refractivity contribution in [2.75, 3.05) is 7.11 Å². The van der Waals surface area contributed by atoms with Gasteiger partial charge in [0.05, 0.1) is 12.5 Å². The zero-order valence-corrected chi connectivity index (χ0v) is 12.1. The van der Waals surface area contributed by atoms with Crippen molar-refractivity contribution in [3.8, 4) is 5.75 Å². The number of benzene rings is 1. The van der Waals surface area contributed by atoms with Crippen molar-refractivity contribution in [2.24, 2.45) is 0 Å². The fraction of sp³-hybridized carbons (Fsp3) is 0.467. The maximum Gasteiger partial charge on any atom is 0.122 e. The van der Waals surface area contributed by atoms with Crippen molar-refractivity contribution < 1.29 is 4.74 Å². The van der Waals surface area contributed by atoms with Crippen molar-refractivity contribution in [3.63, 3.8) is 0 Å². The molecule has 0 N–H and O–H groups in total. The highest BCUT2D eigenvalue weighted by atomic mass is 35.5. The zero-order valence-electron chi connectivity index (χ0n) is 10.6. The van der Waals surface area contributed by atoms with Crippen LogP contribution in [0.4, 0.5) is 0 Å². The van der Waals surface area contributed by atoms with Crippen molar-refractivity contribution in [1.82, 2.24) is 0 Å². The average molecular weight is 285 g/mol. The molecular weight excluding hydrogens is 267 g/mol. The molecule has 0 aliphatic heterocycles. The van der Waals surface area contributed by atoms with Gasteiger partial charge in [-0.2, -0.15) is 0 Å². The number of rotatable bonds is 3. The summed E-state index contributed by atoms with van der Waals surface area (Å²) in [5, 5.41) is 0.926. The molecule has 1 aliphatic rings. The summed E-state index contributed by atoms with van der Waals surface area (Å²) < 4.78 is 5.38. The SMILES string of the molecule is COc1ccc(Cl)cc1CC1=CC(Cl)CCCC1. The molecule has 1 unspecified atom stereocenters. The van der Waals surface area contributed by atoms with Crippen molar-refractivity contribution in [3.05, 3.63) is 40.4 Å². The second-order valence-electron chi connectivity index (χ2n) is 4.72. The predicted octanol–water partition coefficient (Wildman–Crippen LogP) is 5.00. The Hall–Kier alpha value is -0.660. The highest BCUT2D eigenvalue weighted by Gasteiger charge is 2.12. The summed E-state index contributed by atoms with van der Waals surface area (Å²) in [6, 6.07) is 5.76. The zero-order chi connectivity index (χ0) is 13.0. The van der Waals surface area contributed by atoms with E-state index in [0.717, 1.165) is 35.6 Å². The number of alkyl halides is 1. The monoisotopic (exact) mass is 284 g/mol. The van der Waals surface area contributed by atoms with Crippen LogP contribution in [0.5, 0.6) is 5.75 Å². The lowest BCUT2D eigenvalue weighted by Crippen LogP contribution is -1.97. The van der Waals surface area contributed by atoms with Gasteiger partial charge in [0.25, 0.3) is 0 Å². The minimum absolute atomic E-state index is 0.174. The molecule has 0 amide bonds. The average Bonchev–Trinajstić information content (AvgIpc) is 2.54. The van der Waals surface area contributed by atoms with Crippen LogP contribution in [0.25, 0.3) is 0 Å². The van der Waals surface area contributed by atoms with Crippen LogP contribution < -0.4 is 4.74 Å². The molecule has 3 heteroatoms. The molecule has 0 fully saturated rings. The first-order valence-corrected chi connectivity index (χ1v) is 7.16. The van der Waals surface area contributed by atoms with Crippen molar-refractivity contribution in [1.29, 1.82) is 0 Å². The van der Waals surface area contributed by atoms with Crippen molar-refractivity contribution >= 4 is 23.2 Å². The number of ether oxygens (including phenoxy) is 1. The molecule has 1 aromatic carbocycles. The molecule has 0 saturated carbocycles. The third-order valence-corrected chi connectivity index (χ3v) is 3.88. The summed E-state index contributed by atoms with van der Waals surface area (Å²) in [6.45, 7) is 0. The van der Waals surface area contributed by atoms with Gasteiger partial charge in [-0.05, 0) is 49.4 Å². The van der Waals surface area contributed by atoms with Crippen LogP contribution in [0.2, 0.25) is 5.02 Å². The first kappa shape index (κ1) is 13.8. The molecule has 1 aliphatic carbocycles. The molecule has 1 nitrogen and oxygen atoms in total. The Labute approximate surface area is 119 Å². The molecule has 0 spiro atoms. The van der Waals surface area contributed by atoms with E-state index in [0.29, 0.717) is 0 Å². The Morgan fingerprint density at radius 3 is 2.94 bits per heavy atom. The van der Waals surface area contributed by atoms with Crippen LogP contribution in [0, 0.1) is 0 Å². The molecule has 98 valence electrons. The third kappa shape index (κ3) is 3.66. The lowest BCUT2D eigenvalue weighted by molar-refractivity contribution is 0.410. The third-order valence-electron chi connectivity index (χ3n) is 3.30. The molecule has 0 bridgehead atoms. The van der Waals surface area contributed by atoms with Crippen LogP contribution in [0.15, 0.2) is 29.8 Å². The molecule has 18 heavy (non-hydrogen) atoms. The summed E-state index contributed by atoms with van der Waals surface area (Å²) >= 11 is 12.3. The highest BCUT2D eigenvalue weighted by molar-refractivity contribution is 6.30. The van der Waals surface area contributed by atoms with Gasteiger partial charge in [-0.3, -0.25) is 0 Å². The van der Waals surface area contributed by atoms with Crippen LogP contribution >= 0.6 is 23.2 Å². The van der Waals surface area contributed by atoms with Crippen LogP contribution in [0.1, 0.15) is 31.2 Å². The van der Waals surface area contributed by atoms with E-state index in [-0.39, 0.29) is 5.38 Å². The molecule has 0 heterocycles. The molecule has 0 radical (unpaired) electrons. The van der Waals surface area contributed by atoms with E-state index < -0.39 is 0 Å². The van der Waals surface area contributed by atoms with Gasteiger partial charge in [-0.1, -0.05) is 29.7 Å². The topological polar surface area (TPSA) is 9.23 Å². The van der Waals surface area contributed by atoms with Gasteiger partial charge >= 0.3 is 0 Å². The normalized spacial score (nSPS) is 20.2. The first-order valence-electron chi connectivity index (χ1n) is 6.35. The lowest BCUT2D eigenvalue weighted by Gasteiger charge is -2.11. The van der Waals surface area contributed by atoms with Gasteiger partial charge in [-0.25, -0.2) is 0 Å². The molecule has 2 rings (SSSR count). The fourth-order valence-corrected chi connectivity index (χ4v) is 2.92. The maximum absolute atomic E-state index is 6.25. The van der Waals surface area contributed by atoms with Gasteiger partial charge in [0.2, 0.25) is 0 Å². The number of halogens is 2. The number of hydrogen-bond acceptors (Lipinski definition) is 1. The number of hydrogen-bond donors (Lipinski definition) is 0. The predicted molar refractivity (Wildman–Crippen MR) is 77.9 cm³/mol. The highest BCUT2D eigenvalue weighted by Crippen LogP contribution is 2.29. The van der Waals surface area contributed by atoms with Gasteiger partial charge in [-0.15, -0.1) is 11.6 Å². The molecule has 1 atom stereocenters. The summed E-state index contributed by atoms with van der Waals surface area (Å²) in [5.74, 6) is 0.899. The maximum atomic E-state index is 6.25. The minimum Gasteiger partial charge on any atom is -0.496 e. The van der Waals surface area contributed by atoms with Gasteiger partial charge in [0.15, 0.2) is 0 Å². The second-order valence-corrected chi connectivity index (χ2v) is 5.72. The summed E-state index contributed by atoms with van der Waals surface area (Å²) in [6.07, 6.45) is 7.72. The second kappa shape index (κ2) is 6.49. The minimum atomic E-state index is 0.174. The van der Waals surface area contributed by atoms with E-state index in [1.165, 1.54) is 18.4 Å². The molecule has 0 aromatic heterocycles. The molecule has 1 aromatic rings. The number of methoxy groups -OCH3 is 1. The quantitative estimate of drug-likeness (QED) is 0.561. The smallest absolute Gasteiger partial charge is 0.122 e. The standard InChI is InChI=1S/C15H18Cl2O/c1-18-15-7-6-14(17)10-12(15)8-11-4-2-3-5-13(16)9-11/h6-7,9-10,13H,2-5,8H2,1H3. The Morgan fingerprint density at radius 2 is 2.17 bits per heavy atom. The Bertz CT molecular complexity index is 440. The van der Waals surface area contributed by atoms with Crippen LogP contribution in [-0.4, -0.2) is 12.5 Å². The van der Waals surface area contributed by atoms with E-state index in [1.54, 1.807) is 7.11 Å². The van der Waals surface area contributed by atoms with E-state index in [9.17, 15) is 0 Å². The van der Waals surface area contributed by atoms with Gasteiger partial charge in [0.1, 0.15) is 5.75 Å². The largest absolute Gasteiger partial charge is 0.496 e. The van der Waals surface area contributed by atoms with Crippen LogP contribution in [-0.2, 0) is 6.42 Å². The summed E-state index contributed by atoms with van der Waals surface area (Å²) in [4.78, 5) is 0. The van der Waals surface area contributed by atoms with E-state index in [2.05, 4.69) is 6.08 Å². The lowest BCUT2D eigenvalue weighted by atomic mass is 10.0. The Morgan fingerprint density at radius 1 is 1.33 bits per heavy atom. The Kier molecular flexibility index (Phi) is 4.96. The fourth-order valence-electron chi connectivity index (χ4n) is 2.39.